The number of piperazine rings is 1. The van der Waals surface area contributed by atoms with Gasteiger partial charge in [0, 0.05) is 44.8 Å². The van der Waals surface area contributed by atoms with E-state index in [1.807, 2.05) is 24.3 Å². The largest absolute Gasteiger partial charge is 0.493 e. The Hall–Kier alpha value is -1.10. The molecule has 4 nitrogen and oxygen atoms in total. The molecule has 0 saturated carbocycles. The molecule has 0 spiro atoms. The Morgan fingerprint density at radius 2 is 1.80 bits per heavy atom. The molecule has 0 amide bonds. The monoisotopic (exact) mass is 277 g/mol. The van der Waals surface area contributed by atoms with Gasteiger partial charge in [0.1, 0.15) is 5.75 Å². The van der Waals surface area contributed by atoms with Crippen molar-refractivity contribution in [3.05, 3.63) is 29.8 Å². The van der Waals surface area contributed by atoms with Crippen LogP contribution in [0.25, 0.3) is 0 Å². The maximum absolute atomic E-state index is 5.84. The standard InChI is InChI=1S/C16H27N3O/c1-2-18-9-11-19(12-10-18)8-5-13-20-16-7-4-3-6-15(16)14-17/h3-4,6-7H,2,5,8-14,17H2,1H3. The predicted molar refractivity (Wildman–Crippen MR) is 83.0 cm³/mol. The molecule has 1 aromatic rings. The third-order valence-corrected chi connectivity index (χ3v) is 3.98. The van der Waals surface area contributed by atoms with Crippen LogP contribution in [0.3, 0.4) is 0 Å². The zero-order valence-corrected chi connectivity index (χ0v) is 12.6. The van der Waals surface area contributed by atoms with Gasteiger partial charge in [0.05, 0.1) is 6.61 Å². The summed E-state index contributed by atoms with van der Waals surface area (Å²) in [4.78, 5) is 5.04. The van der Waals surface area contributed by atoms with E-state index in [4.69, 9.17) is 10.5 Å². The Bertz CT molecular complexity index is 389. The summed E-state index contributed by atoms with van der Waals surface area (Å²) in [5.74, 6) is 0.936. The van der Waals surface area contributed by atoms with E-state index in [9.17, 15) is 0 Å². The Morgan fingerprint density at radius 3 is 2.50 bits per heavy atom. The number of para-hydroxylation sites is 1. The minimum Gasteiger partial charge on any atom is -0.493 e. The normalized spacial score (nSPS) is 17.3. The van der Waals surface area contributed by atoms with E-state index in [0.29, 0.717) is 6.54 Å². The first-order valence-corrected chi connectivity index (χ1v) is 7.69. The van der Waals surface area contributed by atoms with Crippen LogP contribution in [0.1, 0.15) is 18.9 Å². The van der Waals surface area contributed by atoms with Gasteiger partial charge in [0.25, 0.3) is 0 Å². The third-order valence-electron chi connectivity index (χ3n) is 3.98. The molecular formula is C16H27N3O. The van der Waals surface area contributed by atoms with Crippen LogP contribution >= 0.6 is 0 Å². The van der Waals surface area contributed by atoms with Crippen LogP contribution in [-0.2, 0) is 6.54 Å². The molecule has 1 aliphatic heterocycles. The first-order chi connectivity index (χ1) is 9.83. The smallest absolute Gasteiger partial charge is 0.123 e. The fourth-order valence-corrected chi connectivity index (χ4v) is 2.61. The van der Waals surface area contributed by atoms with E-state index in [-0.39, 0.29) is 0 Å². The summed E-state index contributed by atoms with van der Waals surface area (Å²) in [5.41, 5.74) is 6.79. The molecule has 1 aliphatic rings. The second-order valence-corrected chi connectivity index (χ2v) is 5.29. The average molecular weight is 277 g/mol. The van der Waals surface area contributed by atoms with Crippen molar-refractivity contribution >= 4 is 0 Å². The molecular weight excluding hydrogens is 250 g/mol. The van der Waals surface area contributed by atoms with Crippen molar-refractivity contribution in [2.24, 2.45) is 5.73 Å². The number of benzene rings is 1. The van der Waals surface area contributed by atoms with Crippen LogP contribution in [0.5, 0.6) is 5.75 Å². The summed E-state index contributed by atoms with van der Waals surface area (Å²) < 4.78 is 5.84. The molecule has 0 aliphatic carbocycles. The maximum atomic E-state index is 5.84. The summed E-state index contributed by atoms with van der Waals surface area (Å²) in [5, 5.41) is 0. The molecule has 112 valence electrons. The van der Waals surface area contributed by atoms with Crippen LogP contribution in [0.15, 0.2) is 24.3 Å². The molecule has 0 radical (unpaired) electrons. The van der Waals surface area contributed by atoms with E-state index in [1.54, 1.807) is 0 Å². The number of nitrogens with two attached hydrogens (primary N) is 1. The highest BCUT2D eigenvalue weighted by Gasteiger charge is 2.14. The van der Waals surface area contributed by atoms with Gasteiger partial charge in [-0.2, -0.15) is 0 Å². The molecule has 1 heterocycles. The highest BCUT2D eigenvalue weighted by atomic mass is 16.5. The molecule has 0 bridgehead atoms. The van der Waals surface area contributed by atoms with Gasteiger partial charge in [0.2, 0.25) is 0 Å². The van der Waals surface area contributed by atoms with Crippen molar-refractivity contribution in [1.82, 2.24) is 9.80 Å². The molecule has 4 heteroatoms. The van der Waals surface area contributed by atoms with Crippen LogP contribution in [0.2, 0.25) is 0 Å². The Morgan fingerprint density at radius 1 is 1.10 bits per heavy atom. The molecule has 1 saturated heterocycles. The Balaban J connectivity index is 1.64. The topological polar surface area (TPSA) is 41.7 Å². The number of rotatable bonds is 7. The lowest BCUT2D eigenvalue weighted by atomic mass is 10.2. The van der Waals surface area contributed by atoms with E-state index >= 15 is 0 Å². The molecule has 2 rings (SSSR count). The summed E-state index contributed by atoms with van der Waals surface area (Å²) in [6.07, 6.45) is 1.07. The summed E-state index contributed by atoms with van der Waals surface area (Å²) in [7, 11) is 0. The van der Waals surface area contributed by atoms with Crippen molar-refractivity contribution in [1.29, 1.82) is 0 Å². The Kier molecular flexibility index (Phi) is 6.30. The second kappa shape index (κ2) is 8.25. The molecule has 0 aromatic heterocycles. The van der Waals surface area contributed by atoms with Crippen molar-refractivity contribution in [2.45, 2.75) is 19.9 Å². The molecule has 1 aromatic carbocycles. The number of nitrogens with zero attached hydrogens (tertiary/aromatic N) is 2. The zero-order valence-electron chi connectivity index (χ0n) is 12.6. The fourth-order valence-electron chi connectivity index (χ4n) is 2.61. The van der Waals surface area contributed by atoms with Crippen molar-refractivity contribution in [3.63, 3.8) is 0 Å². The summed E-state index contributed by atoms with van der Waals surface area (Å²) in [6, 6.07) is 8.03. The first-order valence-electron chi connectivity index (χ1n) is 7.69. The number of likely N-dealkylation sites (N-methyl/N-ethyl adjacent to an activating group) is 1. The summed E-state index contributed by atoms with van der Waals surface area (Å²) >= 11 is 0. The van der Waals surface area contributed by atoms with E-state index < -0.39 is 0 Å². The molecule has 0 atom stereocenters. The van der Waals surface area contributed by atoms with Crippen LogP contribution in [-0.4, -0.2) is 55.7 Å². The third kappa shape index (κ3) is 4.47. The molecule has 0 unspecified atom stereocenters. The van der Waals surface area contributed by atoms with Gasteiger partial charge in [0.15, 0.2) is 0 Å². The van der Waals surface area contributed by atoms with Crippen molar-refractivity contribution < 1.29 is 4.74 Å². The van der Waals surface area contributed by atoms with Gasteiger partial charge in [-0.15, -0.1) is 0 Å². The van der Waals surface area contributed by atoms with Crippen molar-refractivity contribution in [3.8, 4) is 5.75 Å². The van der Waals surface area contributed by atoms with E-state index in [2.05, 4.69) is 16.7 Å². The van der Waals surface area contributed by atoms with Gasteiger partial charge in [-0.1, -0.05) is 25.1 Å². The molecule has 1 fully saturated rings. The minimum absolute atomic E-state index is 0.537. The lowest BCUT2D eigenvalue weighted by Crippen LogP contribution is -2.46. The van der Waals surface area contributed by atoms with Gasteiger partial charge >= 0.3 is 0 Å². The summed E-state index contributed by atoms with van der Waals surface area (Å²) in [6.45, 7) is 10.6. The van der Waals surface area contributed by atoms with Crippen LogP contribution in [0, 0.1) is 0 Å². The van der Waals surface area contributed by atoms with Gasteiger partial charge in [-0.25, -0.2) is 0 Å². The minimum atomic E-state index is 0.537. The second-order valence-electron chi connectivity index (χ2n) is 5.29. The highest BCUT2D eigenvalue weighted by Crippen LogP contribution is 2.17. The Labute approximate surface area is 122 Å². The number of hydrogen-bond donors (Lipinski definition) is 1. The SMILES string of the molecule is CCN1CCN(CCCOc2ccccc2CN)CC1. The molecule has 20 heavy (non-hydrogen) atoms. The molecule has 2 N–H and O–H groups in total. The van der Waals surface area contributed by atoms with Gasteiger partial charge < -0.3 is 20.3 Å². The van der Waals surface area contributed by atoms with Gasteiger partial charge in [-0.3, -0.25) is 0 Å². The predicted octanol–water partition coefficient (Wildman–Crippen LogP) is 1.55. The number of hydrogen-bond acceptors (Lipinski definition) is 4. The maximum Gasteiger partial charge on any atom is 0.123 e. The fraction of sp³-hybridized carbons (Fsp3) is 0.625. The van der Waals surface area contributed by atoms with Crippen LogP contribution in [0.4, 0.5) is 0 Å². The number of ether oxygens (including phenoxy) is 1. The first kappa shape index (κ1) is 15.3. The van der Waals surface area contributed by atoms with Crippen LogP contribution < -0.4 is 10.5 Å². The van der Waals surface area contributed by atoms with Gasteiger partial charge in [-0.05, 0) is 19.0 Å². The average Bonchev–Trinajstić information content (AvgIpc) is 2.52. The van der Waals surface area contributed by atoms with E-state index in [0.717, 1.165) is 30.9 Å². The zero-order chi connectivity index (χ0) is 14.2. The van der Waals surface area contributed by atoms with Crippen molar-refractivity contribution in [2.75, 3.05) is 45.9 Å². The quantitative estimate of drug-likeness (QED) is 0.768. The highest BCUT2D eigenvalue weighted by molar-refractivity contribution is 5.32. The van der Waals surface area contributed by atoms with E-state index in [1.165, 1.54) is 32.7 Å². The lowest BCUT2D eigenvalue weighted by Gasteiger charge is -2.33. The lowest BCUT2D eigenvalue weighted by molar-refractivity contribution is 0.130.